The molecule has 1 atom stereocenters. The van der Waals surface area contributed by atoms with E-state index in [2.05, 4.69) is 30.5 Å². The molecule has 1 aliphatic rings. The molecule has 0 saturated carbocycles. The average Bonchev–Trinajstić information content (AvgIpc) is 2.94. The number of nitrogens with zero attached hydrogens (tertiary/aromatic N) is 4. The molecule has 9 heteroatoms. The van der Waals surface area contributed by atoms with Crippen LogP contribution in [0.5, 0.6) is 5.75 Å². The van der Waals surface area contributed by atoms with E-state index in [4.69, 9.17) is 4.74 Å². The zero-order valence-corrected chi connectivity index (χ0v) is 18.4. The Hall–Kier alpha value is -1.97. The number of sulfonamides is 1. The highest BCUT2D eigenvalue weighted by Crippen LogP contribution is 2.24. The summed E-state index contributed by atoms with van der Waals surface area (Å²) in [6, 6.07) is 7.74. The van der Waals surface area contributed by atoms with Crippen LogP contribution in [-0.2, 0) is 29.5 Å². The van der Waals surface area contributed by atoms with Gasteiger partial charge in [0.1, 0.15) is 11.6 Å². The van der Waals surface area contributed by atoms with Crippen LogP contribution in [0, 0.1) is 5.92 Å². The molecule has 2 aromatic rings. The highest BCUT2D eigenvalue weighted by molar-refractivity contribution is 7.88. The maximum absolute atomic E-state index is 11.8. The third-order valence-corrected chi connectivity index (χ3v) is 5.78. The number of aromatic nitrogens is 3. The van der Waals surface area contributed by atoms with E-state index in [1.807, 2.05) is 39.0 Å². The number of hydrogen-bond donors (Lipinski definition) is 1. The molecule has 29 heavy (non-hydrogen) atoms. The first-order chi connectivity index (χ1) is 13.8. The lowest BCUT2D eigenvalue weighted by Gasteiger charge is -2.23. The van der Waals surface area contributed by atoms with Crippen molar-refractivity contribution in [3.8, 4) is 5.75 Å². The third kappa shape index (κ3) is 5.55. The molecule has 0 unspecified atom stereocenters. The molecule has 160 valence electrons. The lowest BCUT2D eigenvalue weighted by Crippen LogP contribution is -2.33. The van der Waals surface area contributed by atoms with Gasteiger partial charge in [0.2, 0.25) is 10.0 Å². The first kappa shape index (κ1) is 21.7. The second kappa shape index (κ2) is 9.23. The molecule has 1 aromatic carbocycles. The van der Waals surface area contributed by atoms with Crippen LogP contribution in [0.1, 0.15) is 44.0 Å². The van der Waals surface area contributed by atoms with Gasteiger partial charge >= 0.3 is 0 Å². The lowest BCUT2D eigenvalue weighted by molar-refractivity contribution is 0.260. The van der Waals surface area contributed by atoms with E-state index in [1.54, 1.807) is 0 Å². The van der Waals surface area contributed by atoms with Gasteiger partial charge in [0.25, 0.3) is 0 Å². The van der Waals surface area contributed by atoms with Gasteiger partial charge in [-0.3, -0.25) is 4.90 Å². The number of benzene rings is 1. The molecular formula is C20H31N5O3S. The molecule has 0 saturated heterocycles. The minimum atomic E-state index is -3.35. The van der Waals surface area contributed by atoms with Crippen LogP contribution >= 0.6 is 0 Å². The summed E-state index contributed by atoms with van der Waals surface area (Å²) in [6.07, 6.45) is 1.95. The van der Waals surface area contributed by atoms with Crippen LogP contribution in [-0.4, -0.2) is 54.0 Å². The van der Waals surface area contributed by atoms with Crippen molar-refractivity contribution in [1.29, 1.82) is 0 Å². The Morgan fingerprint density at radius 3 is 2.62 bits per heavy atom. The monoisotopic (exact) mass is 421 g/mol. The highest BCUT2D eigenvalue weighted by Gasteiger charge is 2.28. The van der Waals surface area contributed by atoms with E-state index in [9.17, 15) is 8.42 Å². The van der Waals surface area contributed by atoms with Crippen LogP contribution in [0.25, 0.3) is 0 Å². The van der Waals surface area contributed by atoms with Gasteiger partial charge in [0.15, 0.2) is 5.82 Å². The Morgan fingerprint density at radius 1 is 1.17 bits per heavy atom. The Balaban J connectivity index is 1.76. The molecule has 0 aliphatic carbocycles. The van der Waals surface area contributed by atoms with E-state index in [-0.39, 0.29) is 5.92 Å². The van der Waals surface area contributed by atoms with Crippen LogP contribution in [0.4, 0.5) is 0 Å². The molecule has 0 amide bonds. The first-order valence-corrected chi connectivity index (χ1v) is 12.0. The molecule has 3 rings (SSSR count). The molecule has 1 aromatic heterocycles. The van der Waals surface area contributed by atoms with Crippen LogP contribution in [0.3, 0.4) is 0 Å². The Labute approximate surface area is 173 Å². The number of para-hydroxylation sites is 1. The Bertz CT molecular complexity index is 926. The predicted molar refractivity (Wildman–Crippen MR) is 112 cm³/mol. The fourth-order valence-corrected chi connectivity index (χ4v) is 4.51. The van der Waals surface area contributed by atoms with Gasteiger partial charge in [-0.15, -0.1) is 10.2 Å². The molecule has 0 fully saturated rings. The summed E-state index contributed by atoms with van der Waals surface area (Å²) in [7, 11) is -3.35. The summed E-state index contributed by atoms with van der Waals surface area (Å²) in [5.74, 6) is 2.59. The van der Waals surface area contributed by atoms with Gasteiger partial charge in [-0.05, 0) is 18.9 Å². The van der Waals surface area contributed by atoms with E-state index >= 15 is 0 Å². The molecule has 0 radical (unpaired) electrons. The SMILES string of the molecule is CCOc1ccccc1CN1CCc2nnc([C@@H](NS(C)(=O)=O)C(C)C)n2CC1. The summed E-state index contributed by atoms with van der Waals surface area (Å²) < 4.78 is 34.2. The lowest BCUT2D eigenvalue weighted by atomic mass is 10.1. The number of ether oxygens (including phenoxy) is 1. The summed E-state index contributed by atoms with van der Waals surface area (Å²) in [6.45, 7) is 9.84. The van der Waals surface area contributed by atoms with Crippen molar-refractivity contribution < 1.29 is 13.2 Å². The van der Waals surface area contributed by atoms with Gasteiger partial charge in [-0.25, -0.2) is 13.1 Å². The third-order valence-electron chi connectivity index (χ3n) is 5.10. The summed E-state index contributed by atoms with van der Waals surface area (Å²) in [4.78, 5) is 2.38. The van der Waals surface area contributed by atoms with E-state index < -0.39 is 16.1 Å². The number of nitrogens with one attached hydrogen (secondary N) is 1. The fourth-order valence-electron chi connectivity index (χ4n) is 3.67. The summed E-state index contributed by atoms with van der Waals surface area (Å²) >= 11 is 0. The van der Waals surface area contributed by atoms with E-state index in [0.717, 1.165) is 44.2 Å². The van der Waals surface area contributed by atoms with Gasteiger partial charge in [0, 0.05) is 38.2 Å². The minimum Gasteiger partial charge on any atom is -0.494 e. The largest absolute Gasteiger partial charge is 0.494 e. The zero-order chi connectivity index (χ0) is 21.0. The van der Waals surface area contributed by atoms with Gasteiger partial charge in [-0.1, -0.05) is 32.0 Å². The molecule has 0 spiro atoms. The predicted octanol–water partition coefficient (Wildman–Crippen LogP) is 1.98. The number of rotatable bonds is 8. The highest BCUT2D eigenvalue weighted by atomic mass is 32.2. The van der Waals surface area contributed by atoms with Crippen LogP contribution in [0.15, 0.2) is 24.3 Å². The second-order valence-electron chi connectivity index (χ2n) is 7.80. The Morgan fingerprint density at radius 2 is 1.93 bits per heavy atom. The Kier molecular flexibility index (Phi) is 6.92. The van der Waals surface area contributed by atoms with Gasteiger partial charge in [-0.2, -0.15) is 0 Å². The fraction of sp³-hybridized carbons (Fsp3) is 0.600. The van der Waals surface area contributed by atoms with E-state index in [1.165, 1.54) is 11.8 Å². The quantitative estimate of drug-likeness (QED) is 0.701. The maximum atomic E-state index is 11.8. The smallest absolute Gasteiger partial charge is 0.209 e. The van der Waals surface area contributed by atoms with Crippen molar-refractivity contribution in [3.63, 3.8) is 0 Å². The average molecular weight is 422 g/mol. The molecule has 1 N–H and O–H groups in total. The topological polar surface area (TPSA) is 89.3 Å². The summed E-state index contributed by atoms with van der Waals surface area (Å²) in [5.41, 5.74) is 1.17. The summed E-state index contributed by atoms with van der Waals surface area (Å²) in [5, 5.41) is 8.71. The maximum Gasteiger partial charge on any atom is 0.209 e. The minimum absolute atomic E-state index is 0.0652. The molecule has 2 heterocycles. The van der Waals surface area contributed by atoms with Crippen molar-refractivity contribution in [2.24, 2.45) is 5.92 Å². The van der Waals surface area contributed by atoms with Gasteiger partial charge < -0.3 is 9.30 Å². The standard InChI is InChI=1S/C20H31N5O3S/c1-5-28-17-9-7-6-8-16(17)14-24-11-10-18-21-22-20(25(18)13-12-24)19(15(2)3)23-29(4,26)27/h6-9,15,19,23H,5,10-14H2,1-4H3/t19-/m0/s1. The number of hydrogen-bond acceptors (Lipinski definition) is 6. The molecular weight excluding hydrogens is 390 g/mol. The zero-order valence-electron chi connectivity index (χ0n) is 17.6. The first-order valence-electron chi connectivity index (χ1n) is 10.1. The van der Waals surface area contributed by atoms with Crippen LogP contribution < -0.4 is 9.46 Å². The van der Waals surface area contributed by atoms with Crippen molar-refractivity contribution in [3.05, 3.63) is 41.5 Å². The molecule has 0 bridgehead atoms. The second-order valence-corrected chi connectivity index (χ2v) is 9.58. The van der Waals surface area contributed by atoms with Crippen molar-refractivity contribution in [2.45, 2.75) is 46.3 Å². The normalized spacial score (nSPS) is 16.4. The van der Waals surface area contributed by atoms with Crippen molar-refractivity contribution >= 4 is 10.0 Å². The number of fused-ring (bicyclic) bond motifs is 1. The van der Waals surface area contributed by atoms with Gasteiger partial charge in [0.05, 0.1) is 18.9 Å². The van der Waals surface area contributed by atoms with E-state index in [0.29, 0.717) is 12.4 Å². The van der Waals surface area contributed by atoms with Crippen molar-refractivity contribution in [2.75, 3.05) is 26.0 Å². The van der Waals surface area contributed by atoms with Crippen molar-refractivity contribution in [1.82, 2.24) is 24.4 Å². The molecule has 8 nitrogen and oxygen atoms in total. The molecule has 1 aliphatic heterocycles. The van der Waals surface area contributed by atoms with Crippen LogP contribution in [0.2, 0.25) is 0 Å².